The lowest BCUT2D eigenvalue weighted by molar-refractivity contribution is 0.0733. The second-order valence-electron chi connectivity index (χ2n) is 6.84. The van der Waals surface area contributed by atoms with Crippen LogP contribution in [0.2, 0.25) is 0 Å². The summed E-state index contributed by atoms with van der Waals surface area (Å²) < 4.78 is 10.8. The van der Waals surface area contributed by atoms with Crippen molar-refractivity contribution >= 4 is 11.7 Å². The zero-order valence-corrected chi connectivity index (χ0v) is 14.4. The Bertz CT molecular complexity index is 541. The largest absolute Gasteiger partial charge is 0.383 e. The molecular weight excluding hydrogens is 306 g/mol. The van der Waals surface area contributed by atoms with Crippen LogP contribution in [-0.2, 0) is 9.47 Å². The molecule has 2 heterocycles. The topological polar surface area (TPSA) is 63.7 Å². The molecule has 1 amide bonds. The molecule has 0 bridgehead atoms. The highest BCUT2D eigenvalue weighted by molar-refractivity contribution is 5.94. The van der Waals surface area contributed by atoms with Crippen molar-refractivity contribution in [1.82, 2.24) is 10.3 Å². The molecule has 0 atom stereocenters. The summed E-state index contributed by atoms with van der Waals surface area (Å²) in [6, 6.07) is 3.79. The molecule has 1 aromatic rings. The smallest absolute Gasteiger partial charge is 0.252 e. The quantitative estimate of drug-likeness (QED) is 0.833. The van der Waals surface area contributed by atoms with Crippen molar-refractivity contribution in [1.29, 1.82) is 0 Å². The highest BCUT2D eigenvalue weighted by Crippen LogP contribution is 2.40. The summed E-state index contributed by atoms with van der Waals surface area (Å²) in [6.07, 6.45) is 6.73. The number of pyridine rings is 1. The number of carbonyl (C=O) groups excluding carboxylic acids is 1. The lowest BCUT2D eigenvalue weighted by Gasteiger charge is -2.32. The maximum Gasteiger partial charge on any atom is 0.252 e. The van der Waals surface area contributed by atoms with Gasteiger partial charge in [-0.05, 0) is 25.0 Å². The first kappa shape index (κ1) is 17.2. The standard InChI is InChI=1S/C18H27N3O3/c1-23-10-8-19-17(22)15-4-5-16(20-12-15)21-9-11-24-14-18(13-21)6-2-3-7-18/h4-5,12H,2-3,6-11,13-14H2,1H3,(H,19,22). The number of ether oxygens (including phenoxy) is 2. The Labute approximate surface area is 143 Å². The van der Waals surface area contributed by atoms with E-state index in [9.17, 15) is 4.79 Å². The van der Waals surface area contributed by atoms with Gasteiger partial charge in [0.15, 0.2) is 0 Å². The monoisotopic (exact) mass is 333 g/mol. The van der Waals surface area contributed by atoms with Crippen LogP contribution in [0.5, 0.6) is 0 Å². The number of anilines is 1. The minimum atomic E-state index is -0.113. The molecule has 132 valence electrons. The number of amides is 1. The molecule has 1 aliphatic heterocycles. The van der Waals surface area contributed by atoms with Crippen LogP contribution in [0.3, 0.4) is 0 Å². The molecule has 0 unspecified atom stereocenters. The van der Waals surface area contributed by atoms with Gasteiger partial charge >= 0.3 is 0 Å². The number of aromatic nitrogens is 1. The van der Waals surface area contributed by atoms with E-state index in [1.807, 2.05) is 12.1 Å². The summed E-state index contributed by atoms with van der Waals surface area (Å²) in [5, 5.41) is 2.81. The first-order valence-electron chi connectivity index (χ1n) is 8.78. The van der Waals surface area contributed by atoms with Gasteiger partial charge in [0.05, 0.1) is 25.4 Å². The maximum absolute atomic E-state index is 12.0. The number of rotatable bonds is 5. The summed E-state index contributed by atoms with van der Waals surface area (Å²) in [5.41, 5.74) is 0.866. The van der Waals surface area contributed by atoms with Crippen molar-refractivity contribution in [3.05, 3.63) is 23.9 Å². The Morgan fingerprint density at radius 3 is 2.96 bits per heavy atom. The fraction of sp³-hybridized carbons (Fsp3) is 0.667. The summed E-state index contributed by atoms with van der Waals surface area (Å²) >= 11 is 0. The van der Waals surface area contributed by atoms with E-state index in [2.05, 4.69) is 15.2 Å². The van der Waals surface area contributed by atoms with Gasteiger partial charge < -0.3 is 19.7 Å². The van der Waals surface area contributed by atoms with Crippen LogP contribution in [0.1, 0.15) is 36.0 Å². The Morgan fingerprint density at radius 2 is 2.25 bits per heavy atom. The molecule has 1 aliphatic carbocycles. The van der Waals surface area contributed by atoms with Crippen LogP contribution in [-0.4, -0.2) is 57.5 Å². The van der Waals surface area contributed by atoms with E-state index in [1.54, 1.807) is 13.3 Å². The normalized spacial score (nSPS) is 20.1. The predicted octanol–water partition coefficient (Wildman–Crippen LogP) is 1.85. The molecular formula is C18H27N3O3. The molecule has 1 spiro atoms. The summed E-state index contributed by atoms with van der Waals surface area (Å²) in [4.78, 5) is 18.9. The van der Waals surface area contributed by atoms with Crippen LogP contribution in [0.4, 0.5) is 5.82 Å². The predicted molar refractivity (Wildman–Crippen MR) is 92.4 cm³/mol. The van der Waals surface area contributed by atoms with E-state index >= 15 is 0 Å². The van der Waals surface area contributed by atoms with Gasteiger partial charge in [-0.2, -0.15) is 0 Å². The second-order valence-corrected chi connectivity index (χ2v) is 6.84. The van der Waals surface area contributed by atoms with Crippen molar-refractivity contribution in [2.45, 2.75) is 25.7 Å². The Balaban J connectivity index is 1.64. The highest BCUT2D eigenvalue weighted by Gasteiger charge is 2.37. The van der Waals surface area contributed by atoms with E-state index in [0.29, 0.717) is 18.7 Å². The van der Waals surface area contributed by atoms with E-state index in [1.165, 1.54) is 25.7 Å². The van der Waals surface area contributed by atoms with Crippen LogP contribution in [0.25, 0.3) is 0 Å². The van der Waals surface area contributed by atoms with E-state index < -0.39 is 0 Å². The fourth-order valence-electron chi connectivity index (χ4n) is 3.69. The van der Waals surface area contributed by atoms with Gasteiger partial charge in [-0.15, -0.1) is 0 Å². The maximum atomic E-state index is 12.0. The van der Waals surface area contributed by atoms with Gasteiger partial charge in [0.2, 0.25) is 0 Å². The van der Waals surface area contributed by atoms with E-state index in [0.717, 1.165) is 32.1 Å². The number of nitrogens with zero attached hydrogens (tertiary/aromatic N) is 2. The van der Waals surface area contributed by atoms with Gasteiger partial charge in [0, 0.05) is 38.4 Å². The second kappa shape index (κ2) is 7.94. The third-order valence-corrected chi connectivity index (χ3v) is 5.03. The molecule has 2 fully saturated rings. The van der Waals surface area contributed by atoms with Crippen molar-refractivity contribution in [3.8, 4) is 0 Å². The molecule has 6 heteroatoms. The fourth-order valence-corrected chi connectivity index (χ4v) is 3.69. The zero-order valence-electron chi connectivity index (χ0n) is 14.4. The van der Waals surface area contributed by atoms with Gasteiger partial charge in [0.1, 0.15) is 5.82 Å². The van der Waals surface area contributed by atoms with Gasteiger partial charge in [0.25, 0.3) is 5.91 Å². The summed E-state index contributed by atoms with van der Waals surface area (Å²) in [6.45, 7) is 4.47. The Morgan fingerprint density at radius 1 is 1.42 bits per heavy atom. The number of hydrogen-bond acceptors (Lipinski definition) is 5. The Hall–Kier alpha value is -1.66. The number of nitrogens with one attached hydrogen (secondary N) is 1. The number of methoxy groups -OCH3 is 1. The molecule has 1 saturated heterocycles. The molecule has 1 saturated carbocycles. The van der Waals surface area contributed by atoms with Gasteiger partial charge in [-0.1, -0.05) is 12.8 Å². The van der Waals surface area contributed by atoms with E-state index in [-0.39, 0.29) is 11.3 Å². The third-order valence-electron chi connectivity index (χ3n) is 5.03. The lowest BCUT2D eigenvalue weighted by atomic mass is 9.87. The highest BCUT2D eigenvalue weighted by atomic mass is 16.5. The minimum absolute atomic E-state index is 0.113. The van der Waals surface area contributed by atoms with Gasteiger partial charge in [-0.25, -0.2) is 4.98 Å². The minimum Gasteiger partial charge on any atom is -0.383 e. The van der Waals surface area contributed by atoms with Crippen molar-refractivity contribution in [2.24, 2.45) is 5.41 Å². The molecule has 24 heavy (non-hydrogen) atoms. The molecule has 0 aromatic carbocycles. The zero-order chi connectivity index (χ0) is 16.8. The molecule has 6 nitrogen and oxygen atoms in total. The van der Waals surface area contributed by atoms with Crippen molar-refractivity contribution < 1.29 is 14.3 Å². The SMILES string of the molecule is COCCNC(=O)c1ccc(N2CCOCC3(CCCC3)C2)nc1. The van der Waals surface area contributed by atoms with Crippen LogP contribution < -0.4 is 10.2 Å². The van der Waals surface area contributed by atoms with Gasteiger partial charge in [-0.3, -0.25) is 4.79 Å². The van der Waals surface area contributed by atoms with Crippen molar-refractivity contribution in [2.75, 3.05) is 51.5 Å². The number of hydrogen-bond donors (Lipinski definition) is 1. The van der Waals surface area contributed by atoms with E-state index in [4.69, 9.17) is 9.47 Å². The van der Waals surface area contributed by atoms with Crippen LogP contribution in [0.15, 0.2) is 18.3 Å². The average molecular weight is 333 g/mol. The molecule has 3 rings (SSSR count). The summed E-state index contributed by atoms with van der Waals surface area (Å²) in [7, 11) is 1.62. The lowest BCUT2D eigenvalue weighted by Crippen LogP contribution is -2.37. The van der Waals surface area contributed by atoms with Crippen LogP contribution >= 0.6 is 0 Å². The molecule has 0 radical (unpaired) electrons. The molecule has 1 N–H and O–H groups in total. The number of carbonyl (C=O) groups is 1. The molecule has 1 aromatic heterocycles. The average Bonchev–Trinajstić information content (AvgIpc) is 2.95. The van der Waals surface area contributed by atoms with Crippen LogP contribution in [0, 0.1) is 5.41 Å². The Kier molecular flexibility index (Phi) is 5.68. The first-order valence-corrected chi connectivity index (χ1v) is 8.78. The van der Waals surface area contributed by atoms with Crippen molar-refractivity contribution in [3.63, 3.8) is 0 Å². The summed E-state index contributed by atoms with van der Waals surface area (Å²) in [5.74, 6) is 0.817. The third kappa shape index (κ3) is 4.05. The first-order chi connectivity index (χ1) is 11.7. The molecule has 2 aliphatic rings.